The molecule has 4 nitrogen and oxygen atoms in total. The molecule has 2 atom stereocenters. The van der Waals surface area contributed by atoms with E-state index < -0.39 is 20.7 Å². The standard InChI is InChI=1S/C10H20NO3S.Tl/c1-10(2,3)15(13,14)7-9(12)8-5-4-6-11-8;/h8-9,12H,4-7H2,1-3H3;/q-1;+1/t8-,9+;/m0./s1. The van der Waals surface area contributed by atoms with Crippen LogP contribution in [0.2, 0.25) is 0 Å². The van der Waals surface area contributed by atoms with Crippen molar-refractivity contribution in [3.05, 3.63) is 0 Å². The molecule has 1 N–H and O–H groups in total. The summed E-state index contributed by atoms with van der Waals surface area (Å²) in [5.41, 5.74) is 0. The van der Waals surface area contributed by atoms with Gasteiger partial charge in [0.05, 0.1) is 0 Å². The van der Waals surface area contributed by atoms with Gasteiger partial charge >= 0.3 is 115 Å². The van der Waals surface area contributed by atoms with Crippen LogP contribution in [-0.2, 0) is 9.84 Å². The van der Waals surface area contributed by atoms with Gasteiger partial charge in [-0.05, 0) is 0 Å². The molecule has 16 heavy (non-hydrogen) atoms. The zero-order chi connectivity index (χ0) is 12.6. The fourth-order valence-electron chi connectivity index (χ4n) is 1.81. The Bertz CT molecular complexity index is 336. The number of hydrogen-bond acceptors (Lipinski definition) is 4. The summed E-state index contributed by atoms with van der Waals surface area (Å²) in [4.78, 5) is 0. The molecule has 0 spiro atoms. The Labute approximate surface area is 114 Å². The van der Waals surface area contributed by atoms with Crippen LogP contribution in [0.5, 0.6) is 0 Å². The maximum atomic E-state index is 12.0. The molecule has 0 amide bonds. The quantitative estimate of drug-likeness (QED) is 0.636. The second-order valence-corrected chi connectivity index (χ2v) is 10.8. The predicted octanol–water partition coefficient (Wildman–Crippen LogP) is 0.109. The SMILES string of the molecule is CC(C)(C)S(=O)(=O)C[C@@H](O)[C@@H]1CCC[N]1[Tl]. The maximum absolute atomic E-state index is 12.0. The van der Waals surface area contributed by atoms with Crippen molar-refractivity contribution in [3.8, 4) is 0 Å². The van der Waals surface area contributed by atoms with Gasteiger partial charge in [-0.15, -0.1) is 0 Å². The normalized spacial score (nSPS) is 25.8. The molecule has 0 radical (unpaired) electrons. The van der Waals surface area contributed by atoms with Gasteiger partial charge in [0, 0.05) is 0 Å². The Hall–Kier alpha value is 0.792. The summed E-state index contributed by atoms with van der Waals surface area (Å²) >= 11 is 0.685. The average Bonchev–Trinajstić information content (AvgIpc) is 2.48. The first-order valence-electron chi connectivity index (χ1n) is 5.57. The van der Waals surface area contributed by atoms with Crippen molar-refractivity contribution < 1.29 is 13.5 Å². The molecule has 0 unspecified atom stereocenters. The second-order valence-electron chi connectivity index (χ2n) is 5.41. The van der Waals surface area contributed by atoms with Crippen molar-refractivity contribution in [3.63, 3.8) is 0 Å². The van der Waals surface area contributed by atoms with E-state index in [0.29, 0.717) is 26.1 Å². The third kappa shape index (κ3) is 3.39. The molecule has 1 fully saturated rings. The summed E-state index contributed by atoms with van der Waals surface area (Å²) in [5, 5.41) is 10.0. The molecule has 92 valence electrons. The van der Waals surface area contributed by atoms with Gasteiger partial charge in [0.15, 0.2) is 0 Å². The Balaban J connectivity index is 2.68. The number of rotatable bonds is 3. The summed E-state index contributed by atoms with van der Waals surface area (Å²) in [7, 11) is -3.22. The van der Waals surface area contributed by atoms with Crippen molar-refractivity contribution in [2.24, 2.45) is 0 Å². The van der Waals surface area contributed by atoms with Crippen molar-refractivity contribution in [2.75, 3.05) is 12.3 Å². The molecule has 0 saturated carbocycles. The van der Waals surface area contributed by atoms with Gasteiger partial charge in [-0.2, -0.15) is 0 Å². The van der Waals surface area contributed by atoms with E-state index in [-0.39, 0.29) is 11.8 Å². The van der Waals surface area contributed by atoms with Crippen LogP contribution in [0.25, 0.3) is 0 Å². The Morgan fingerprint density at radius 2 is 2.06 bits per heavy atom. The van der Waals surface area contributed by atoms with Gasteiger partial charge < -0.3 is 0 Å². The van der Waals surface area contributed by atoms with Crippen LogP contribution in [0.3, 0.4) is 0 Å². The second kappa shape index (κ2) is 5.19. The molecule has 0 bridgehead atoms. The number of hydrogen-bond donors (Lipinski definition) is 1. The molecule has 0 aromatic rings. The van der Waals surface area contributed by atoms with E-state index >= 15 is 0 Å². The van der Waals surface area contributed by atoms with Crippen molar-refractivity contribution in [2.45, 2.75) is 50.5 Å². The van der Waals surface area contributed by atoms with Gasteiger partial charge in [0.25, 0.3) is 0 Å². The van der Waals surface area contributed by atoms with E-state index in [9.17, 15) is 13.5 Å². The number of aliphatic hydroxyl groups excluding tert-OH is 1. The fourth-order valence-corrected chi connectivity index (χ4v) is 5.05. The number of aliphatic hydroxyl groups is 1. The van der Waals surface area contributed by atoms with Crippen LogP contribution in [0, 0.1) is 0 Å². The molecule has 1 aliphatic rings. The van der Waals surface area contributed by atoms with E-state index in [2.05, 4.69) is 2.71 Å². The van der Waals surface area contributed by atoms with Crippen LogP contribution >= 0.6 is 0 Å². The van der Waals surface area contributed by atoms with Crippen LogP contribution in [-0.4, -0.2) is 71.5 Å². The number of sulfone groups is 1. The number of nitrogens with zero attached hydrogens (tertiary/aromatic N) is 1. The van der Waals surface area contributed by atoms with E-state index in [0.717, 1.165) is 19.4 Å². The minimum absolute atomic E-state index is 0.0714. The molecule has 0 aromatic heterocycles. The first-order valence-corrected chi connectivity index (χ1v) is 9.23. The predicted molar refractivity (Wildman–Crippen MR) is 65.0 cm³/mol. The fraction of sp³-hybridized carbons (Fsp3) is 1.00. The first kappa shape index (κ1) is 14.9. The molecule has 1 aliphatic heterocycles. The van der Waals surface area contributed by atoms with E-state index in [1.807, 2.05) is 0 Å². The summed E-state index contributed by atoms with van der Waals surface area (Å²) in [5.74, 6) is -0.107. The van der Waals surface area contributed by atoms with Crippen molar-refractivity contribution in [1.29, 1.82) is 0 Å². The molecular formula is C10H20NO3STl. The minimum atomic E-state index is -3.22. The molecule has 0 aliphatic carbocycles. The van der Waals surface area contributed by atoms with Crippen molar-refractivity contribution >= 4 is 35.9 Å². The third-order valence-corrected chi connectivity index (χ3v) is 8.25. The molecule has 1 saturated heterocycles. The van der Waals surface area contributed by atoms with E-state index in [1.165, 1.54) is 0 Å². The monoisotopic (exact) mass is 439 g/mol. The Morgan fingerprint density at radius 1 is 1.50 bits per heavy atom. The molecular weight excluding hydrogens is 419 g/mol. The molecule has 6 heteroatoms. The van der Waals surface area contributed by atoms with Gasteiger partial charge in [-0.1, -0.05) is 0 Å². The molecule has 1 rings (SSSR count). The van der Waals surface area contributed by atoms with Crippen LogP contribution in [0.1, 0.15) is 33.6 Å². The third-order valence-electron chi connectivity index (χ3n) is 3.11. The van der Waals surface area contributed by atoms with E-state index in [1.54, 1.807) is 20.8 Å². The van der Waals surface area contributed by atoms with Crippen LogP contribution in [0.15, 0.2) is 0 Å². The van der Waals surface area contributed by atoms with Gasteiger partial charge in [-0.25, -0.2) is 0 Å². The van der Waals surface area contributed by atoms with Crippen molar-refractivity contribution in [1.82, 2.24) is 2.71 Å². The summed E-state index contributed by atoms with van der Waals surface area (Å²) in [6.07, 6.45) is 1.28. The zero-order valence-electron chi connectivity index (χ0n) is 10.2. The Kier molecular flexibility index (Phi) is 4.82. The summed E-state index contributed by atoms with van der Waals surface area (Å²) < 4.78 is 25.4. The van der Waals surface area contributed by atoms with Gasteiger partial charge in [0.1, 0.15) is 0 Å². The zero-order valence-corrected chi connectivity index (χ0v) is 15.5. The summed E-state index contributed by atoms with van der Waals surface area (Å²) in [6, 6.07) is 0.0714. The van der Waals surface area contributed by atoms with Gasteiger partial charge in [0.2, 0.25) is 0 Å². The van der Waals surface area contributed by atoms with E-state index in [4.69, 9.17) is 0 Å². The van der Waals surface area contributed by atoms with Crippen LogP contribution < -0.4 is 0 Å². The average molecular weight is 439 g/mol. The van der Waals surface area contributed by atoms with Gasteiger partial charge in [-0.3, -0.25) is 0 Å². The first-order chi connectivity index (χ1) is 7.15. The van der Waals surface area contributed by atoms with Crippen LogP contribution in [0.4, 0.5) is 0 Å². The molecule has 0 aromatic carbocycles. The molecule has 1 heterocycles. The topological polar surface area (TPSA) is 57.6 Å². The Morgan fingerprint density at radius 3 is 2.44 bits per heavy atom. The summed E-state index contributed by atoms with van der Waals surface area (Å²) in [6.45, 7) is 6.07.